The number of fused-ring (bicyclic) bond motifs is 2. The first-order chi connectivity index (χ1) is 10.7. The fraction of sp³-hybridized carbons (Fsp3) is 0.667. The normalized spacial score (nSPS) is 33.4. The molecule has 4 atom stereocenters. The molecule has 1 fully saturated rings. The molecule has 0 aliphatic heterocycles. The molecule has 1 amide bonds. The Balaban J connectivity index is 1.57. The van der Waals surface area contributed by atoms with Gasteiger partial charge in [-0.25, -0.2) is 0 Å². The summed E-state index contributed by atoms with van der Waals surface area (Å²) in [6.07, 6.45) is 13.7. The van der Waals surface area contributed by atoms with E-state index in [0.717, 1.165) is 32.1 Å². The molecule has 120 valence electrons. The molecule has 0 spiro atoms. The number of carbonyl (C=O) groups excluding carboxylic acids is 2. The highest BCUT2D eigenvalue weighted by atomic mass is 16.4. The predicted molar refractivity (Wildman–Crippen MR) is 81.5 cm³/mol. The number of hydrogen-bond donors (Lipinski definition) is 1. The maximum Gasteiger partial charge on any atom is 0.224 e. The van der Waals surface area contributed by atoms with Crippen molar-refractivity contribution in [1.29, 1.82) is 0 Å². The molecule has 22 heavy (non-hydrogen) atoms. The van der Waals surface area contributed by atoms with Crippen molar-refractivity contribution in [3.8, 4) is 0 Å². The topological polar surface area (TPSA) is 69.2 Å². The van der Waals surface area contributed by atoms with Gasteiger partial charge >= 0.3 is 0 Å². The number of amides is 1. The van der Waals surface area contributed by atoms with Crippen molar-refractivity contribution in [2.24, 2.45) is 23.7 Å². The summed E-state index contributed by atoms with van der Waals surface area (Å²) in [5.74, 6) is -2.26. The molecule has 0 aromatic rings. The Hall–Kier alpha value is -1.58. The third-order valence-corrected chi connectivity index (χ3v) is 5.45. The zero-order valence-electron chi connectivity index (χ0n) is 12.9. The van der Waals surface area contributed by atoms with Gasteiger partial charge in [0.25, 0.3) is 0 Å². The Morgan fingerprint density at radius 2 is 1.86 bits per heavy atom. The number of carboxylic acid groups (broad SMARTS) is 1. The highest BCUT2D eigenvalue weighted by Gasteiger charge is 2.44. The van der Waals surface area contributed by atoms with Crippen LogP contribution in [0.2, 0.25) is 0 Å². The minimum absolute atomic E-state index is 0.0354. The molecule has 0 heterocycles. The van der Waals surface area contributed by atoms with Crippen molar-refractivity contribution in [3.05, 3.63) is 23.8 Å². The number of hydrogen-bond acceptors (Lipinski definition) is 3. The van der Waals surface area contributed by atoms with Crippen molar-refractivity contribution in [3.63, 3.8) is 0 Å². The van der Waals surface area contributed by atoms with Crippen LogP contribution in [0.15, 0.2) is 23.8 Å². The summed E-state index contributed by atoms with van der Waals surface area (Å²) in [5, 5.41) is 14.4. The minimum Gasteiger partial charge on any atom is -0.550 e. The summed E-state index contributed by atoms with van der Waals surface area (Å²) in [7, 11) is 0. The van der Waals surface area contributed by atoms with E-state index in [1.165, 1.54) is 18.4 Å². The first-order valence-corrected chi connectivity index (χ1v) is 8.51. The van der Waals surface area contributed by atoms with Crippen LogP contribution in [-0.2, 0) is 9.59 Å². The first kappa shape index (κ1) is 15.3. The van der Waals surface area contributed by atoms with Crippen molar-refractivity contribution >= 4 is 11.9 Å². The van der Waals surface area contributed by atoms with Gasteiger partial charge in [-0.05, 0) is 56.8 Å². The first-order valence-electron chi connectivity index (χ1n) is 8.51. The molecule has 2 bridgehead atoms. The van der Waals surface area contributed by atoms with Gasteiger partial charge in [0.2, 0.25) is 5.91 Å². The van der Waals surface area contributed by atoms with Crippen LogP contribution in [0.5, 0.6) is 0 Å². The minimum atomic E-state index is -1.07. The van der Waals surface area contributed by atoms with Crippen LogP contribution in [0.1, 0.15) is 44.9 Å². The van der Waals surface area contributed by atoms with Gasteiger partial charge in [0.15, 0.2) is 0 Å². The van der Waals surface area contributed by atoms with Crippen LogP contribution in [0.25, 0.3) is 0 Å². The van der Waals surface area contributed by atoms with E-state index in [0.29, 0.717) is 6.54 Å². The van der Waals surface area contributed by atoms with E-state index >= 15 is 0 Å². The largest absolute Gasteiger partial charge is 0.550 e. The number of allylic oxidation sites excluding steroid dienone is 3. The highest BCUT2D eigenvalue weighted by molar-refractivity contribution is 5.85. The molecular formula is C18H24NO3-. The fourth-order valence-electron chi connectivity index (χ4n) is 4.27. The van der Waals surface area contributed by atoms with Gasteiger partial charge < -0.3 is 15.2 Å². The van der Waals surface area contributed by atoms with E-state index in [2.05, 4.69) is 11.4 Å². The second-order valence-electron chi connectivity index (χ2n) is 6.81. The third kappa shape index (κ3) is 3.11. The highest BCUT2D eigenvalue weighted by Crippen LogP contribution is 2.44. The lowest BCUT2D eigenvalue weighted by Crippen LogP contribution is -2.52. The van der Waals surface area contributed by atoms with Crippen LogP contribution < -0.4 is 10.4 Å². The zero-order chi connectivity index (χ0) is 15.5. The van der Waals surface area contributed by atoms with Crippen LogP contribution in [0.4, 0.5) is 0 Å². The Morgan fingerprint density at radius 1 is 1.14 bits per heavy atom. The molecule has 0 radical (unpaired) electrons. The molecular weight excluding hydrogens is 278 g/mol. The molecule has 0 saturated heterocycles. The summed E-state index contributed by atoms with van der Waals surface area (Å²) in [4.78, 5) is 23.9. The van der Waals surface area contributed by atoms with E-state index in [-0.39, 0.29) is 17.7 Å². The lowest BCUT2D eigenvalue weighted by Gasteiger charge is -2.44. The van der Waals surface area contributed by atoms with Gasteiger partial charge in [-0.3, -0.25) is 4.79 Å². The van der Waals surface area contributed by atoms with Crippen molar-refractivity contribution in [2.45, 2.75) is 44.9 Å². The zero-order valence-corrected chi connectivity index (χ0v) is 12.9. The van der Waals surface area contributed by atoms with E-state index in [9.17, 15) is 14.7 Å². The number of carbonyl (C=O) groups is 2. The summed E-state index contributed by atoms with van der Waals surface area (Å²) in [6, 6.07) is 0. The van der Waals surface area contributed by atoms with Crippen LogP contribution in [0.3, 0.4) is 0 Å². The Morgan fingerprint density at radius 3 is 2.45 bits per heavy atom. The van der Waals surface area contributed by atoms with Crippen molar-refractivity contribution in [1.82, 2.24) is 5.32 Å². The van der Waals surface area contributed by atoms with Gasteiger partial charge in [-0.1, -0.05) is 23.8 Å². The van der Waals surface area contributed by atoms with Gasteiger partial charge in [-0.15, -0.1) is 0 Å². The average molecular weight is 302 g/mol. The van der Waals surface area contributed by atoms with Crippen LogP contribution >= 0.6 is 0 Å². The van der Waals surface area contributed by atoms with E-state index < -0.39 is 17.8 Å². The summed E-state index contributed by atoms with van der Waals surface area (Å²) in [5.41, 5.74) is 1.42. The summed E-state index contributed by atoms with van der Waals surface area (Å²) in [6.45, 7) is 0.613. The molecule has 4 heteroatoms. The fourth-order valence-corrected chi connectivity index (χ4v) is 4.27. The Bertz CT molecular complexity index is 508. The SMILES string of the molecule is O=C([O-])[C@@H]1[C@H](C(=O)NCCC2=CCCCC2)[C@@H]2C=C[C@H]1CC2. The average Bonchev–Trinajstić information content (AvgIpc) is 2.55. The smallest absolute Gasteiger partial charge is 0.224 e. The van der Waals surface area contributed by atoms with Gasteiger partial charge in [0, 0.05) is 18.4 Å². The molecule has 1 N–H and O–H groups in total. The second kappa shape index (κ2) is 6.67. The molecule has 1 saturated carbocycles. The van der Waals surface area contributed by atoms with Gasteiger partial charge in [-0.2, -0.15) is 0 Å². The quantitative estimate of drug-likeness (QED) is 0.784. The molecule has 4 aliphatic carbocycles. The van der Waals surface area contributed by atoms with E-state index in [4.69, 9.17) is 0 Å². The molecule has 0 aromatic carbocycles. The number of rotatable bonds is 5. The second-order valence-corrected chi connectivity index (χ2v) is 6.81. The predicted octanol–water partition coefficient (Wildman–Crippen LogP) is 1.57. The van der Waals surface area contributed by atoms with Crippen molar-refractivity contribution in [2.75, 3.05) is 6.54 Å². The standard InChI is InChI=1S/C18H25NO3/c20-17(19-11-10-12-4-2-1-3-5-12)15-13-6-8-14(9-7-13)16(15)18(21)22/h4,6,8,13-16H,1-3,5,7,9-11H2,(H,19,20)(H,21,22)/p-1/t13-,14+,15-,16+/m1/s1. The molecule has 0 unspecified atom stereocenters. The molecule has 0 aromatic heterocycles. The number of carboxylic acids is 1. The van der Waals surface area contributed by atoms with E-state index in [1.807, 2.05) is 12.2 Å². The Kier molecular flexibility index (Phi) is 4.65. The van der Waals surface area contributed by atoms with Gasteiger partial charge in [0.05, 0.1) is 5.92 Å². The summed E-state index contributed by atoms with van der Waals surface area (Å²) < 4.78 is 0. The van der Waals surface area contributed by atoms with Crippen molar-refractivity contribution < 1.29 is 14.7 Å². The van der Waals surface area contributed by atoms with Crippen LogP contribution in [-0.4, -0.2) is 18.4 Å². The maximum atomic E-state index is 12.5. The third-order valence-electron chi connectivity index (χ3n) is 5.45. The molecule has 4 nitrogen and oxygen atoms in total. The lowest BCUT2D eigenvalue weighted by atomic mass is 9.62. The number of aliphatic carboxylic acids is 1. The maximum absolute atomic E-state index is 12.5. The molecule has 4 rings (SSSR count). The number of nitrogens with one attached hydrogen (secondary N) is 1. The Labute approximate surface area is 131 Å². The molecule has 4 aliphatic rings. The monoisotopic (exact) mass is 302 g/mol. The van der Waals surface area contributed by atoms with E-state index in [1.54, 1.807) is 0 Å². The lowest BCUT2D eigenvalue weighted by molar-refractivity contribution is -0.316. The van der Waals surface area contributed by atoms with Crippen LogP contribution in [0, 0.1) is 23.7 Å². The summed E-state index contributed by atoms with van der Waals surface area (Å²) >= 11 is 0. The van der Waals surface area contributed by atoms with Gasteiger partial charge in [0.1, 0.15) is 0 Å².